The average Bonchev–Trinajstić information content (AvgIpc) is 3.09. The van der Waals surface area contributed by atoms with Gasteiger partial charge in [0.1, 0.15) is 0 Å². The molecule has 3 rings (SSSR count). The van der Waals surface area contributed by atoms with Gasteiger partial charge in [0.2, 0.25) is 0 Å². The third-order valence-electron chi connectivity index (χ3n) is 4.71. The highest BCUT2D eigenvalue weighted by Gasteiger charge is 2.23. The number of anilines is 1. The zero-order valence-corrected chi connectivity index (χ0v) is 17.2. The number of hydrogen-bond donors (Lipinski definition) is 1. The second-order valence-electron chi connectivity index (χ2n) is 7.07. The number of aromatic nitrogens is 1. The smallest absolute Gasteiger partial charge is 0.269 e. The first-order valence-electron chi connectivity index (χ1n) is 9.00. The van der Waals surface area contributed by atoms with E-state index in [9.17, 15) is 14.9 Å². The lowest BCUT2D eigenvalue weighted by Crippen LogP contribution is -3.06. The minimum atomic E-state index is -0.472. The van der Waals surface area contributed by atoms with E-state index < -0.39 is 4.92 Å². The van der Waals surface area contributed by atoms with E-state index in [1.165, 1.54) is 40.5 Å². The Morgan fingerprint density at radius 2 is 1.86 bits per heavy atom. The van der Waals surface area contributed by atoms with Crippen LogP contribution in [-0.4, -0.2) is 43.0 Å². The van der Waals surface area contributed by atoms with E-state index in [0.29, 0.717) is 17.2 Å². The summed E-state index contributed by atoms with van der Waals surface area (Å²) in [5.74, 6) is -0.204. The Balaban J connectivity index is 1.99. The van der Waals surface area contributed by atoms with Crippen molar-refractivity contribution in [1.82, 2.24) is 4.98 Å². The first kappa shape index (κ1) is 19.9. The molecule has 0 saturated carbocycles. The summed E-state index contributed by atoms with van der Waals surface area (Å²) in [5, 5.41) is 11.5. The van der Waals surface area contributed by atoms with Gasteiger partial charge in [0.25, 0.3) is 11.6 Å². The number of carbonyl (C=O) groups is 1. The van der Waals surface area contributed by atoms with Gasteiger partial charge in [0.15, 0.2) is 5.13 Å². The van der Waals surface area contributed by atoms with Crippen LogP contribution in [-0.2, 0) is 0 Å². The molecule has 0 radical (unpaired) electrons. The highest BCUT2D eigenvalue weighted by molar-refractivity contribution is 7.22. The monoisotopic (exact) mass is 399 g/mol. The third kappa shape index (κ3) is 4.02. The molecular weight excluding hydrogens is 376 g/mol. The van der Waals surface area contributed by atoms with Gasteiger partial charge < -0.3 is 4.90 Å². The van der Waals surface area contributed by atoms with Gasteiger partial charge in [-0.15, -0.1) is 0 Å². The number of non-ortho nitro benzene ring substituents is 1. The zero-order chi connectivity index (χ0) is 20.4. The summed E-state index contributed by atoms with van der Waals surface area (Å²) >= 11 is 1.49. The van der Waals surface area contributed by atoms with Gasteiger partial charge in [-0.25, -0.2) is 4.98 Å². The minimum absolute atomic E-state index is 0.0353. The topological polar surface area (TPSA) is 80.8 Å². The molecule has 0 fully saturated rings. The number of nitrogens with zero attached hydrogens (tertiary/aromatic N) is 3. The van der Waals surface area contributed by atoms with Crippen LogP contribution in [0.5, 0.6) is 0 Å². The molecule has 8 heteroatoms. The molecule has 0 aliphatic rings. The number of benzene rings is 2. The van der Waals surface area contributed by atoms with Gasteiger partial charge in [-0.1, -0.05) is 17.4 Å². The van der Waals surface area contributed by atoms with Crippen molar-refractivity contribution in [3.8, 4) is 0 Å². The van der Waals surface area contributed by atoms with Crippen molar-refractivity contribution in [3.63, 3.8) is 0 Å². The molecule has 0 unspecified atom stereocenters. The molecule has 1 heterocycles. The Hall–Kier alpha value is -2.84. The quantitative estimate of drug-likeness (QED) is 0.510. The number of nitro benzene ring substituents is 1. The number of aryl methyl sites for hydroxylation is 2. The summed E-state index contributed by atoms with van der Waals surface area (Å²) in [6.07, 6.45) is 0. The molecule has 3 aromatic rings. The Kier molecular flexibility index (Phi) is 5.71. The number of amides is 1. The summed E-state index contributed by atoms with van der Waals surface area (Å²) in [7, 11) is 4.06. The fraction of sp³-hybridized carbons (Fsp3) is 0.300. The molecule has 0 atom stereocenters. The van der Waals surface area contributed by atoms with Gasteiger partial charge in [-0.05, 0) is 43.2 Å². The Labute approximate surface area is 167 Å². The highest BCUT2D eigenvalue weighted by atomic mass is 32.1. The normalized spacial score (nSPS) is 11.2. The highest BCUT2D eigenvalue weighted by Crippen LogP contribution is 2.32. The Bertz CT molecular complexity index is 1030. The van der Waals surface area contributed by atoms with Crippen LogP contribution in [0.4, 0.5) is 10.8 Å². The van der Waals surface area contributed by atoms with Crippen LogP contribution in [0.25, 0.3) is 10.2 Å². The van der Waals surface area contributed by atoms with Crippen LogP contribution in [0.2, 0.25) is 0 Å². The maximum absolute atomic E-state index is 13.2. The number of hydrogen-bond acceptors (Lipinski definition) is 5. The van der Waals surface area contributed by atoms with Crippen molar-refractivity contribution in [2.24, 2.45) is 0 Å². The molecule has 0 aliphatic carbocycles. The fourth-order valence-corrected chi connectivity index (χ4v) is 3.88. The molecule has 0 spiro atoms. The van der Waals surface area contributed by atoms with Crippen LogP contribution in [0, 0.1) is 24.0 Å². The molecular formula is C20H23N4O3S+. The van der Waals surface area contributed by atoms with E-state index in [0.717, 1.165) is 27.9 Å². The van der Waals surface area contributed by atoms with Crippen molar-refractivity contribution in [3.05, 3.63) is 63.2 Å². The van der Waals surface area contributed by atoms with E-state index in [2.05, 4.69) is 6.07 Å². The Morgan fingerprint density at radius 1 is 1.18 bits per heavy atom. The molecule has 1 N–H and O–H groups in total. The fourth-order valence-electron chi connectivity index (χ4n) is 2.83. The molecule has 0 aliphatic heterocycles. The number of nitro groups is 1. The van der Waals surface area contributed by atoms with E-state index in [4.69, 9.17) is 4.98 Å². The summed E-state index contributed by atoms with van der Waals surface area (Å²) in [6.45, 7) is 5.35. The number of rotatable bonds is 6. The molecule has 0 saturated heterocycles. The molecule has 1 amide bonds. The second-order valence-corrected chi connectivity index (χ2v) is 8.08. The van der Waals surface area contributed by atoms with Crippen LogP contribution in [0.1, 0.15) is 21.5 Å². The lowest BCUT2D eigenvalue weighted by Gasteiger charge is -2.20. The lowest BCUT2D eigenvalue weighted by atomic mass is 10.1. The number of nitrogens with one attached hydrogen (secondary N) is 1. The van der Waals surface area contributed by atoms with E-state index in [1.54, 1.807) is 4.90 Å². The van der Waals surface area contributed by atoms with Crippen molar-refractivity contribution in [1.29, 1.82) is 0 Å². The van der Waals surface area contributed by atoms with Gasteiger partial charge >= 0.3 is 0 Å². The standard InChI is InChI=1S/C20H22N4O3S/c1-13-5-10-17-18(14(13)2)21-20(28-17)23(12-11-22(3)4)19(25)15-6-8-16(9-7-15)24(26)27/h5-10H,11-12H2,1-4H3/p+1. The zero-order valence-electron chi connectivity index (χ0n) is 16.4. The minimum Gasteiger partial charge on any atom is -0.338 e. The molecule has 2 aromatic carbocycles. The summed E-state index contributed by atoms with van der Waals surface area (Å²) in [6, 6.07) is 9.80. The van der Waals surface area contributed by atoms with Crippen molar-refractivity contribution < 1.29 is 14.6 Å². The van der Waals surface area contributed by atoms with Crippen LogP contribution in [0.15, 0.2) is 36.4 Å². The number of thiazole rings is 1. The molecule has 7 nitrogen and oxygen atoms in total. The van der Waals surface area contributed by atoms with E-state index in [1.807, 2.05) is 34.0 Å². The summed E-state index contributed by atoms with van der Waals surface area (Å²) < 4.78 is 1.04. The second kappa shape index (κ2) is 8.04. The molecule has 28 heavy (non-hydrogen) atoms. The molecule has 0 bridgehead atoms. The SMILES string of the molecule is Cc1ccc2sc(N(CC[NH+](C)C)C(=O)c3ccc([N+](=O)[O-])cc3)nc2c1C. The van der Waals surface area contributed by atoms with Crippen molar-refractivity contribution >= 4 is 38.3 Å². The average molecular weight is 399 g/mol. The van der Waals surface area contributed by atoms with Crippen LogP contribution in [0.3, 0.4) is 0 Å². The summed E-state index contributed by atoms with van der Waals surface area (Å²) in [4.78, 5) is 31.2. The number of quaternary nitrogens is 1. The predicted molar refractivity (Wildman–Crippen MR) is 112 cm³/mol. The number of fused-ring (bicyclic) bond motifs is 1. The van der Waals surface area contributed by atoms with Gasteiger partial charge in [0, 0.05) is 17.7 Å². The van der Waals surface area contributed by atoms with Crippen LogP contribution < -0.4 is 9.80 Å². The number of carbonyl (C=O) groups excluding carboxylic acids is 1. The van der Waals surface area contributed by atoms with E-state index >= 15 is 0 Å². The summed E-state index contributed by atoms with van der Waals surface area (Å²) in [5.41, 5.74) is 3.56. The first-order valence-corrected chi connectivity index (χ1v) is 9.81. The molecule has 1 aromatic heterocycles. The first-order chi connectivity index (χ1) is 13.3. The van der Waals surface area contributed by atoms with Crippen molar-refractivity contribution in [2.45, 2.75) is 13.8 Å². The van der Waals surface area contributed by atoms with E-state index in [-0.39, 0.29) is 11.6 Å². The van der Waals surface area contributed by atoms with Crippen LogP contribution >= 0.6 is 11.3 Å². The largest absolute Gasteiger partial charge is 0.338 e. The maximum atomic E-state index is 13.2. The third-order valence-corrected chi connectivity index (χ3v) is 5.75. The molecule has 146 valence electrons. The Morgan fingerprint density at radius 3 is 2.46 bits per heavy atom. The lowest BCUT2D eigenvalue weighted by molar-refractivity contribution is -0.856. The maximum Gasteiger partial charge on any atom is 0.269 e. The van der Waals surface area contributed by atoms with Gasteiger partial charge in [-0.3, -0.25) is 19.8 Å². The predicted octanol–water partition coefficient (Wildman–Crippen LogP) is 2.61. The van der Waals surface area contributed by atoms with Gasteiger partial charge in [-0.2, -0.15) is 0 Å². The van der Waals surface area contributed by atoms with Gasteiger partial charge in [0.05, 0.1) is 42.3 Å². The number of likely N-dealkylation sites (N-methyl/N-ethyl adjacent to an activating group) is 1. The van der Waals surface area contributed by atoms with Crippen molar-refractivity contribution in [2.75, 3.05) is 32.1 Å².